The number of carbonyl (C=O) groups excluding carboxylic acids is 1. The van der Waals surface area contributed by atoms with Crippen molar-refractivity contribution in [3.05, 3.63) is 0 Å². The lowest BCUT2D eigenvalue weighted by Crippen LogP contribution is -2.30. The molecule has 4 nitrogen and oxygen atoms in total. The van der Waals surface area contributed by atoms with E-state index in [2.05, 4.69) is 10.6 Å². The van der Waals surface area contributed by atoms with Crippen LogP contribution in [0.25, 0.3) is 0 Å². The van der Waals surface area contributed by atoms with Crippen molar-refractivity contribution in [2.75, 3.05) is 19.6 Å². The molecule has 0 aliphatic rings. The lowest BCUT2D eigenvalue weighted by atomic mass is 10.3. The molecule has 3 N–H and O–H groups in total. The van der Waals surface area contributed by atoms with Gasteiger partial charge in [-0.15, -0.1) is 0 Å². The minimum absolute atomic E-state index is 0.0515. The molecule has 1 atom stereocenters. The Morgan fingerprint density at radius 2 is 2.25 bits per heavy atom. The van der Waals surface area contributed by atoms with Crippen LogP contribution in [0, 0.1) is 0 Å². The number of amides is 1. The third kappa shape index (κ3) is 7.50. The summed E-state index contributed by atoms with van der Waals surface area (Å²) in [6.45, 7) is 5.44. The highest BCUT2D eigenvalue weighted by molar-refractivity contribution is 5.75. The molecule has 0 saturated carbocycles. The van der Waals surface area contributed by atoms with Gasteiger partial charge in [-0.2, -0.15) is 0 Å². The highest BCUT2D eigenvalue weighted by Crippen LogP contribution is 1.78. The number of nitrogens with one attached hydrogen (secondary N) is 2. The fourth-order valence-corrected chi connectivity index (χ4v) is 0.798. The molecule has 0 fully saturated rings. The summed E-state index contributed by atoms with van der Waals surface area (Å²) >= 11 is 0. The van der Waals surface area contributed by atoms with Crippen LogP contribution in [0.3, 0.4) is 0 Å². The van der Waals surface area contributed by atoms with Crippen molar-refractivity contribution in [3.8, 4) is 0 Å². The van der Waals surface area contributed by atoms with E-state index in [0.717, 1.165) is 0 Å². The second-order valence-electron chi connectivity index (χ2n) is 2.76. The predicted molar refractivity (Wildman–Crippen MR) is 47.9 cm³/mol. The van der Waals surface area contributed by atoms with Gasteiger partial charge in [0.25, 0.3) is 0 Å². The molecule has 0 aromatic heterocycles. The first kappa shape index (κ1) is 11.4. The van der Waals surface area contributed by atoms with E-state index in [-0.39, 0.29) is 12.0 Å². The molecule has 0 saturated heterocycles. The van der Waals surface area contributed by atoms with Crippen molar-refractivity contribution in [3.63, 3.8) is 0 Å². The summed E-state index contributed by atoms with van der Waals surface area (Å²) in [5, 5.41) is 14.5. The van der Waals surface area contributed by atoms with Gasteiger partial charge in [-0.05, 0) is 13.8 Å². The van der Waals surface area contributed by atoms with Crippen LogP contribution in [0.5, 0.6) is 0 Å². The Morgan fingerprint density at radius 1 is 1.58 bits per heavy atom. The Kier molecular flexibility index (Phi) is 6.70. The molecule has 1 amide bonds. The summed E-state index contributed by atoms with van der Waals surface area (Å²) < 4.78 is 0. The van der Waals surface area contributed by atoms with Gasteiger partial charge in [-0.3, -0.25) is 4.79 Å². The molecule has 0 aliphatic heterocycles. The van der Waals surface area contributed by atoms with Crippen molar-refractivity contribution in [1.82, 2.24) is 10.6 Å². The average Bonchev–Trinajstić information content (AvgIpc) is 1.98. The Balaban J connectivity index is 3.14. The molecule has 0 aromatic rings. The van der Waals surface area contributed by atoms with E-state index in [4.69, 9.17) is 5.11 Å². The standard InChI is InChI=1S/C8H18N2O2/c1-3-10-8(12)4-5-9-6-7(2)11/h7,9,11H,3-6H2,1-2H3,(H,10,12). The van der Waals surface area contributed by atoms with Gasteiger partial charge in [-0.25, -0.2) is 0 Å². The van der Waals surface area contributed by atoms with Crippen LogP contribution in [0.4, 0.5) is 0 Å². The maximum atomic E-state index is 10.9. The zero-order valence-electron chi connectivity index (χ0n) is 7.76. The van der Waals surface area contributed by atoms with E-state index in [1.807, 2.05) is 6.92 Å². The first-order valence-corrected chi connectivity index (χ1v) is 4.32. The summed E-state index contributed by atoms with van der Waals surface area (Å²) in [5.74, 6) is 0.0515. The molecule has 0 bridgehead atoms. The minimum atomic E-state index is -0.348. The van der Waals surface area contributed by atoms with Gasteiger partial charge < -0.3 is 15.7 Å². The second-order valence-corrected chi connectivity index (χ2v) is 2.76. The molecule has 0 heterocycles. The fourth-order valence-electron chi connectivity index (χ4n) is 0.798. The van der Waals surface area contributed by atoms with Crippen LogP contribution in [0.15, 0.2) is 0 Å². The van der Waals surface area contributed by atoms with Crippen molar-refractivity contribution in [1.29, 1.82) is 0 Å². The van der Waals surface area contributed by atoms with Crippen molar-refractivity contribution in [2.45, 2.75) is 26.4 Å². The number of aliphatic hydroxyl groups is 1. The van der Waals surface area contributed by atoms with Crippen LogP contribution >= 0.6 is 0 Å². The van der Waals surface area contributed by atoms with Gasteiger partial charge in [0.1, 0.15) is 0 Å². The summed E-state index contributed by atoms with van der Waals surface area (Å²) in [6, 6.07) is 0. The second kappa shape index (κ2) is 7.06. The van der Waals surface area contributed by atoms with Crippen LogP contribution < -0.4 is 10.6 Å². The molecule has 0 aliphatic carbocycles. The molecule has 4 heteroatoms. The Bertz CT molecular complexity index is 126. The monoisotopic (exact) mass is 174 g/mol. The maximum absolute atomic E-state index is 10.9. The number of hydrogen-bond acceptors (Lipinski definition) is 3. The Hall–Kier alpha value is -0.610. The lowest BCUT2D eigenvalue weighted by Gasteiger charge is -2.06. The highest BCUT2D eigenvalue weighted by Gasteiger charge is 1.98. The molecule has 0 aromatic carbocycles. The van der Waals surface area contributed by atoms with Crippen molar-refractivity contribution >= 4 is 5.91 Å². The fraction of sp³-hybridized carbons (Fsp3) is 0.875. The molecule has 0 rings (SSSR count). The van der Waals surface area contributed by atoms with Crippen molar-refractivity contribution in [2.24, 2.45) is 0 Å². The maximum Gasteiger partial charge on any atom is 0.221 e. The normalized spacial score (nSPS) is 12.6. The van der Waals surface area contributed by atoms with Crippen LogP contribution in [0.2, 0.25) is 0 Å². The quantitative estimate of drug-likeness (QED) is 0.475. The molecule has 1 unspecified atom stereocenters. The molecular formula is C8H18N2O2. The largest absolute Gasteiger partial charge is 0.392 e. The van der Waals surface area contributed by atoms with Gasteiger partial charge in [0, 0.05) is 26.1 Å². The predicted octanol–water partition coefficient (Wildman–Crippen LogP) is -0.517. The average molecular weight is 174 g/mol. The van der Waals surface area contributed by atoms with E-state index < -0.39 is 0 Å². The van der Waals surface area contributed by atoms with E-state index in [0.29, 0.717) is 26.1 Å². The van der Waals surface area contributed by atoms with E-state index >= 15 is 0 Å². The lowest BCUT2D eigenvalue weighted by molar-refractivity contribution is -0.120. The summed E-state index contributed by atoms with van der Waals surface area (Å²) in [6.07, 6.45) is 0.125. The highest BCUT2D eigenvalue weighted by atomic mass is 16.3. The number of carbonyl (C=O) groups is 1. The number of hydrogen-bond donors (Lipinski definition) is 3. The Labute approximate surface area is 73.3 Å². The topological polar surface area (TPSA) is 61.4 Å². The van der Waals surface area contributed by atoms with E-state index in [9.17, 15) is 4.79 Å². The number of rotatable bonds is 6. The van der Waals surface area contributed by atoms with Crippen LogP contribution in [-0.2, 0) is 4.79 Å². The van der Waals surface area contributed by atoms with Gasteiger partial charge in [-0.1, -0.05) is 0 Å². The molecule has 12 heavy (non-hydrogen) atoms. The number of aliphatic hydroxyl groups excluding tert-OH is 1. The summed E-state index contributed by atoms with van der Waals surface area (Å²) in [5.41, 5.74) is 0. The zero-order valence-corrected chi connectivity index (χ0v) is 7.76. The van der Waals surface area contributed by atoms with E-state index in [1.54, 1.807) is 6.92 Å². The van der Waals surface area contributed by atoms with E-state index in [1.165, 1.54) is 0 Å². The summed E-state index contributed by atoms with van der Waals surface area (Å²) in [7, 11) is 0. The smallest absolute Gasteiger partial charge is 0.221 e. The first-order chi connectivity index (χ1) is 5.66. The first-order valence-electron chi connectivity index (χ1n) is 4.32. The SMILES string of the molecule is CCNC(=O)CCNCC(C)O. The van der Waals surface area contributed by atoms with Gasteiger partial charge in [0.2, 0.25) is 5.91 Å². The molecular weight excluding hydrogens is 156 g/mol. The van der Waals surface area contributed by atoms with Gasteiger partial charge >= 0.3 is 0 Å². The molecule has 0 radical (unpaired) electrons. The van der Waals surface area contributed by atoms with Crippen molar-refractivity contribution < 1.29 is 9.90 Å². The third-order valence-corrected chi connectivity index (χ3v) is 1.34. The summed E-state index contributed by atoms with van der Waals surface area (Å²) in [4.78, 5) is 10.9. The van der Waals surface area contributed by atoms with Gasteiger partial charge in [0.05, 0.1) is 6.10 Å². The molecule has 72 valence electrons. The third-order valence-electron chi connectivity index (χ3n) is 1.34. The minimum Gasteiger partial charge on any atom is -0.392 e. The van der Waals surface area contributed by atoms with Crippen LogP contribution in [-0.4, -0.2) is 36.8 Å². The zero-order chi connectivity index (χ0) is 9.40. The van der Waals surface area contributed by atoms with Crippen LogP contribution in [0.1, 0.15) is 20.3 Å². The van der Waals surface area contributed by atoms with Gasteiger partial charge in [0.15, 0.2) is 0 Å². The molecule has 0 spiro atoms. The Morgan fingerprint density at radius 3 is 2.75 bits per heavy atom.